The third-order valence-corrected chi connectivity index (χ3v) is 3.64. The third kappa shape index (κ3) is 1.25. The van der Waals surface area contributed by atoms with Crippen molar-refractivity contribution in [3.63, 3.8) is 0 Å². The van der Waals surface area contributed by atoms with Gasteiger partial charge in [0, 0.05) is 5.92 Å². The highest BCUT2D eigenvalue weighted by molar-refractivity contribution is 5.73. The molecule has 74 valence electrons. The van der Waals surface area contributed by atoms with E-state index in [1.54, 1.807) is 0 Å². The summed E-state index contributed by atoms with van der Waals surface area (Å²) in [6.07, 6.45) is 2.55. The van der Waals surface area contributed by atoms with Crippen LogP contribution < -0.4 is 5.73 Å². The number of carboxylic acid groups (broad SMARTS) is 1. The number of hydrogen-bond acceptors (Lipinski definition) is 3. The number of aliphatic carboxylic acids is 1. The van der Waals surface area contributed by atoms with E-state index < -0.39 is 18.1 Å². The lowest BCUT2D eigenvalue weighted by Gasteiger charge is -2.29. The van der Waals surface area contributed by atoms with Crippen LogP contribution in [0.25, 0.3) is 0 Å². The first-order valence-corrected chi connectivity index (χ1v) is 4.77. The summed E-state index contributed by atoms with van der Waals surface area (Å²) < 4.78 is 0. The number of nitrogens with two attached hydrogens (primary N) is 1. The van der Waals surface area contributed by atoms with Gasteiger partial charge in [0.2, 0.25) is 0 Å². The Morgan fingerprint density at radius 3 is 2.46 bits per heavy atom. The molecule has 0 unspecified atom stereocenters. The van der Waals surface area contributed by atoms with Gasteiger partial charge in [0.05, 0.1) is 6.10 Å². The van der Waals surface area contributed by atoms with Crippen LogP contribution in [-0.2, 0) is 4.79 Å². The number of carboxylic acids is 1. The molecule has 2 bridgehead atoms. The highest BCUT2D eigenvalue weighted by Crippen LogP contribution is 2.49. The zero-order valence-corrected chi connectivity index (χ0v) is 7.39. The minimum absolute atomic E-state index is 0.212. The standard InChI is InChI=1S/C9H15NO3/c10-7(9(12)13)6-4-1-2-5(3-4)8(6)11/h4-8,11H,1-3,10H2,(H,12,13)/t4-,5+,6-,7-,8-/m1/s1. The smallest absolute Gasteiger partial charge is 0.320 e. The third-order valence-electron chi connectivity index (χ3n) is 3.64. The number of carbonyl (C=O) groups is 1. The fraction of sp³-hybridized carbons (Fsp3) is 0.889. The summed E-state index contributed by atoms with van der Waals surface area (Å²) in [6, 6.07) is -0.884. The average molecular weight is 185 g/mol. The molecule has 0 heterocycles. The van der Waals surface area contributed by atoms with Gasteiger partial charge in [-0.25, -0.2) is 0 Å². The van der Waals surface area contributed by atoms with Gasteiger partial charge in [-0.15, -0.1) is 0 Å². The Kier molecular flexibility index (Phi) is 2.04. The van der Waals surface area contributed by atoms with E-state index in [2.05, 4.69) is 0 Å². The highest BCUT2D eigenvalue weighted by Gasteiger charge is 2.50. The summed E-state index contributed by atoms with van der Waals surface area (Å²) in [6.45, 7) is 0. The molecule has 0 amide bonds. The van der Waals surface area contributed by atoms with Crippen molar-refractivity contribution in [2.24, 2.45) is 23.5 Å². The predicted molar refractivity (Wildman–Crippen MR) is 45.9 cm³/mol. The minimum atomic E-state index is -0.989. The van der Waals surface area contributed by atoms with E-state index in [0.717, 1.165) is 19.3 Å². The van der Waals surface area contributed by atoms with Crippen LogP contribution in [0.1, 0.15) is 19.3 Å². The van der Waals surface area contributed by atoms with Gasteiger partial charge < -0.3 is 15.9 Å². The molecule has 2 aliphatic rings. The Morgan fingerprint density at radius 1 is 1.38 bits per heavy atom. The maximum atomic E-state index is 10.7. The van der Waals surface area contributed by atoms with Crippen LogP contribution in [0, 0.1) is 17.8 Å². The second-order valence-corrected chi connectivity index (χ2v) is 4.27. The van der Waals surface area contributed by atoms with Gasteiger partial charge in [0.15, 0.2) is 0 Å². The van der Waals surface area contributed by atoms with Gasteiger partial charge in [-0.1, -0.05) is 0 Å². The van der Waals surface area contributed by atoms with Crippen molar-refractivity contribution in [1.29, 1.82) is 0 Å². The number of aliphatic hydroxyl groups excluding tert-OH is 1. The fourth-order valence-corrected chi connectivity index (χ4v) is 2.98. The lowest BCUT2D eigenvalue weighted by molar-refractivity contribution is -0.142. The molecule has 0 aromatic heterocycles. The monoisotopic (exact) mass is 185 g/mol. The molecule has 5 atom stereocenters. The summed E-state index contributed by atoms with van der Waals surface area (Å²) in [5.41, 5.74) is 5.54. The van der Waals surface area contributed by atoms with Crippen LogP contribution in [0.15, 0.2) is 0 Å². The van der Waals surface area contributed by atoms with E-state index >= 15 is 0 Å². The molecule has 0 saturated heterocycles. The SMILES string of the molecule is N[C@@H](C(=O)O)[C@H]1[C@@H]2CC[C@@H](C2)[C@H]1O. The van der Waals surface area contributed by atoms with E-state index in [1.807, 2.05) is 0 Å². The van der Waals surface area contributed by atoms with Crippen molar-refractivity contribution in [3.8, 4) is 0 Å². The normalized spacial score (nSPS) is 45.1. The van der Waals surface area contributed by atoms with Gasteiger partial charge in [0.25, 0.3) is 0 Å². The van der Waals surface area contributed by atoms with Crippen LogP contribution in [0.2, 0.25) is 0 Å². The Hall–Kier alpha value is -0.610. The lowest BCUT2D eigenvalue weighted by atomic mass is 9.81. The average Bonchev–Trinajstić information content (AvgIpc) is 2.62. The summed E-state index contributed by atoms with van der Waals surface area (Å²) in [4.78, 5) is 10.7. The van der Waals surface area contributed by atoms with Gasteiger partial charge in [0.1, 0.15) is 6.04 Å². The van der Waals surface area contributed by atoms with E-state index in [0.29, 0.717) is 11.8 Å². The lowest BCUT2D eigenvalue weighted by Crippen LogP contribution is -2.46. The largest absolute Gasteiger partial charge is 0.480 e. The van der Waals surface area contributed by atoms with Crippen LogP contribution >= 0.6 is 0 Å². The number of hydrogen-bond donors (Lipinski definition) is 3. The molecule has 4 nitrogen and oxygen atoms in total. The molecule has 4 N–H and O–H groups in total. The fourth-order valence-electron chi connectivity index (χ4n) is 2.98. The molecule has 2 saturated carbocycles. The molecular formula is C9H15NO3. The number of aliphatic hydroxyl groups is 1. The van der Waals surface area contributed by atoms with E-state index in [4.69, 9.17) is 10.8 Å². The molecule has 2 rings (SSSR count). The molecule has 0 aromatic rings. The second kappa shape index (κ2) is 2.96. The van der Waals surface area contributed by atoms with Gasteiger partial charge in [-0.05, 0) is 31.1 Å². The first-order chi connectivity index (χ1) is 6.11. The maximum absolute atomic E-state index is 10.7. The van der Waals surface area contributed by atoms with Crippen LogP contribution in [0.4, 0.5) is 0 Å². The number of fused-ring (bicyclic) bond motifs is 2. The summed E-state index contributed by atoms with van der Waals surface area (Å²) in [5, 5.41) is 18.5. The molecule has 2 aliphatic carbocycles. The highest BCUT2D eigenvalue weighted by atomic mass is 16.4. The summed E-state index contributed by atoms with van der Waals surface area (Å²) >= 11 is 0. The zero-order chi connectivity index (χ0) is 9.59. The number of rotatable bonds is 2. The summed E-state index contributed by atoms with van der Waals surface area (Å²) in [5.74, 6) is -0.556. The predicted octanol–water partition coefficient (Wildman–Crippen LogP) is -0.195. The summed E-state index contributed by atoms with van der Waals surface area (Å²) in [7, 11) is 0. The molecule has 4 heteroatoms. The Labute approximate surface area is 76.7 Å². The maximum Gasteiger partial charge on any atom is 0.320 e. The Balaban J connectivity index is 2.11. The first-order valence-electron chi connectivity index (χ1n) is 4.77. The van der Waals surface area contributed by atoms with Crippen LogP contribution in [0.3, 0.4) is 0 Å². The van der Waals surface area contributed by atoms with Crippen molar-refractivity contribution in [2.45, 2.75) is 31.4 Å². The second-order valence-electron chi connectivity index (χ2n) is 4.27. The Bertz CT molecular complexity index is 229. The van der Waals surface area contributed by atoms with E-state index in [1.165, 1.54) is 0 Å². The molecule has 0 aliphatic heterocycles. The molecular weight excluding hydrogens is 170 g/mol. The quantitative estimate of drug-likeness (QED) is 0.556. The van der Waals surface area contributed by atoms with Gasteiger partial charge in [-0.2, -0.15) is 0 Å². The van der Waals surface area contributed by atoms with E-state index in [9.17, 15) is 9.90 Å². The zero-order valence-electron chi connectivity index (χ0n) is 7.39. The van der Waals surface area contributed by atoms with Crippen molar-refractivity contribution < 1.29 is 15.0 Å². The van der Waals surface area contributed by atoms with E-state index in [-0.39, 0.29) is 5.92 Å². The van der Waals surface area contributed by atoms with Crippen LogP contribution in [-0.4, -0.2) is 28.3 Å². The molecule has 0 radical (unpaired) electrons. The molecule has 2 fully saturated rings. The minimum Gasteiger partial charge on any atom is -0.480 e. The van der Waals surface area contributed by atoms with Crippen molar-refractivity contribution >= 4 is 5.97 Å². The van der Waals surface area contributed by atoms with Crippen LogP contribution in [0.5, 0.6) is 0 Å². The van der Waals surface area contributed by atoms with Gasteiger partial charge in [-0.3, -0.25) is 4.79 Å². The molecule has 13 heavy (non-hydrogen) atoms. The van der Waals surface area contributed by atoms with Crippen molar-refractivity contribution in [3.05, 3.63) is 0 Å². The molecule has 0 aromatic carbocycles. The van der Waals surface area contributed by atoms with Crippen molar-refractivity contribution in [2.75, 3.05) is 0 Å². The van der Waals surface area contributed by atoms with Gasteiger partial charge >= 0.3 is 5.97 Å². The van der Waals surface area contributed by atoms with Crippen molar-refractivity contribution in [1.82, 2.24) is 0 Å². The Morgan fingerprint density at radius 2 is 2.00 bits per heavy atom. The first kappa shape index (κ1) is 8.97. The molecule has 0 spiro atoms. The topological polar surface area (TPSA) is 83.6 Å².